The predicted octanol–water partition coefficient (Wildman–Crippen LogP) is 2.75. The van der Waals surface area contributed by atoms with Crippen LogP contribution in [0.3, 0.4) is 0 Å². The third-order valence-electron chi connectivity index (χ3n) is 7.84. The van der Waals surface area contributed by atoms with Crippen molar-refractivity contribution in [2.24, 2.45) is 5.92 Å². The van der Waals surface area contributed by atoms with E-state index in [0.29, 0.717) is 32.8 Å². The largest absolute Gasteiger partial charge is 0.371 e. The zero-order valence-corrected chi connectivity index (χ0v) is 19.1. The lowest BCUT2D eigenvalue weighted by molar-refractivity contribution is -0.167. The van der Waals surface area contributed by atoms with E-state index in [1.165, 1.54) is 0 Å². The van der Waals surface area contributed by atoms with Gasteiger partial charge in [-0.3, -0.25) is 14.4 Å². The Hall–Kier alpha value is -2.41. The fourth-order valence-electron chi connectivity index (χ4n) is 5.85. The maximum absolute atomic E-state index is 13.5. The van der Waals surface area contributed by atoms with E-state index in [2.05, 4.69) is 11.4 Å². The second kappa shape index (κ2) is 8.18. The maximum atomic E-state index is 13.5. The summed E-state index contributed by atoms with van der Waals surface area (Å²) in [6.45, 7) is 7.09. The number of anilines is 1. The topological polar surface area (TPSA) is 79.0 Å². The molecule has 1 aliphatic carbocycles. The highest BCUT2D eigenvalue weighted by Gasteiger charge is 2.44. The second-order valence-electron chi connectivity index (χ2n) is 10.1. The lowest BCUT2D eigenvalue weighted by Gasteiger charge is -2.48. The van der Waals surface area contributed by atoms with Crippen molar-refractivity contribution >= 4 is 23.4 Å². The molecule has 3 aliphatic heterocycles. The number of amides is 3. The molecule has 3 heterocycles. The smallest absolute Gasteiger partial charge is 0.230 e. The SMILES string of the molecule is Cc1cc(C)c2c(c1)NC(=O)CC2C(=O)N1CCC2(CC1)CN(C(=O)C1CCC1)CCO2. The molecular weight excluding hydrogens is 406 g/mol. The van der Waals surface area contributed by atoms with E-state index >= 15 is 0 Å². The summed E-state index contributed by atoms with van der Waals surface area (Å²) in [5.41, 5.74) is 3.50. The fraction of sp³-hybridized carbons (Fsp3) is 0.640. The Kier molecular flexibility index (Phi) is 5.48. The lowest BCUT2D eigenvalue weighted by Crippen LogP contribution is -2.59. The van der Waals surface area contributed by atoms with Gasteiger partial charge in [-0.25, -0.2) is 0 Å². The number of rotatable bonds is 2. The molecule has 3 fully saturated rings. The van der Waals surface area contributed by atoms with Gasteiger partial charge in [-0.2, -0.15) is 0 Å². The maximum Gasteiger partial charge on any atom is 0.230 e. The first-order chi connectivity index (χ1) is 15.3. The van der Waals surface area contributed by atoms with Crippen LogP contribution in [0.4, 0.5) is 5.69 Å². The van der Waals surface area contributed by atoms with Crippen LogP contribution in [0, 0.1) is 19.8 Å². The van der Waals surface area contributed by atoms with E-state index in [4.69, 9.17) is 4.74 Å². The van der Waals surface area contributed by atoms with Crippen LogP contribution in [0.15, 0.2) is 12.1 Å². The Bertz CT molecular complexity index is 947. The highest BCUT2D eigenvalue weighted by atomic mass is 16.5. The van der Waals surface area contributed by atoms with E-state index in [9.17, 15) is 14.4 Å². The first-order valence-electron chi connectivity index (χ1n) is 12.0. The molecule has 5 rings (SSSR count). The van der Waals surface area contributed by atoms with Crippen molar-refractivity contribution < 1.29 is 19.1 Å². The second-order valence-corrected chi connectivity index (χ2v) is 10.1. The predicted molar refractivity (Wildman–Crippen MR) is 120 cm³/mol. The van der Waals surface area contributed by atoms with Crippen LogP contribution in [0.2, 0.25) is 0 Å². The number of nitrogens with one attached hydrogen (secondary N) is 1. The molecule has 7 heteroatoms. The number of hydrogen-bond acceptors (Lipinski definition) is 4. The van der Waals surface area contributed by atoms with E-state index < -0.39 is 5.92 Å². The van der Waals surface area contributed by atoms with Crippen LogP contribution >= 0.6 is 0 Å². The zero-order valence-electron chi connectivity index (χ0n) is 19.1. The molecular formula is C25H33N3O4. The number of carbonyl (C=O) groups excluding carboxylic acids is 3. The third-order valence-corrected chi connectivity index (χ3v) is 7.84. The number of likely N-dealkylation sites (tertiary alicyclic amines) is 1. The first-order valence-corrected chi connectivity index (χ1v) is 12.0. The molecule has 1 atom stereocenters. The number of benzene rings is 1. The summed E-state index contributed by atoms with van der Waals surface area (Å²) < 4.78 is 6.20. The molecule has 172 valence electrons. The van der Waals surface area contributed by atoms with Crippen LogP contribution in [-0.2, 0) is 19.1 Å². The highest BCUT2D eigenvalue weighted by molar-refractivity contribution is 6.01. The minimum absolute atomic E-state index is 0.0288. The van der Waals surface area contributed by atoms with Crippen LogP contribution in [0.1, 0.15) is 61.1 Å². The fourth-order valence-corrected chi connectivity index (χ4v) is 5.85. The van der Waals surface area contributed by atoms with Gasteiger partial charge in [-0.05, 0) is 62.3 Å². The Morgan fingerprint density at radius 2 is 1.81 bits per heavy atom. The molecule has 1 saturated carbocycles. The van der Waals surface area contributed by atoms with Gasteiger partial charge in [0, 0.05) is 44.2 Å². The molecule has 2 saturated heterocycles. The van der Waals surface area contributed by atoms with Crippen LogP contribution < -0.4 is 5.32 Å². The number of hydrogen-bond donors (Lipinski definition) is 1. The van der Waals surface area contributed by atoms with Gasteiger partial charge in [0.2, 0.25) is 17.7 Å². The number of fused-ring (bicyclic) bond motifs is 1. The molecule has 0 bridgehead atoms. The minimum atomic E-state index is -0.433. The number of nitrogens with zero attached hydrogens (tertiary/aromatic N) is 2. The standard InChI is InChI=1S/C25H33N3O4/c1-16-12-17(2)22-19(14-21(29)26-20(22)13-16)24(31)27-8-6-25(7-9-27)15-28(10-11-32-25)23(30)18-4-3-5-18/h12-13,18-19H,3-11,14-15H2,1-2H3,(H,26,29). The van der Waals surface area contributed by atoms with Gasteiger partial charge >= 0.3 is 0 Å². The van der Waals surface area contributed by atoms with Gasteiger partial charge in [0.25, 0.3) is 0 Å². The molecule has 1 aromatic rings. The summed E-state index contributed by atoms with van der Waals surface area (Å²) in [4.78, 5) is 42.5. The number of morpholine rings is 1. The number of ether oxygens (including phenoxy) is 1. The van der Waals surface area contributed by atoms with Gasteiger partial charge in [-0.15, -0.1) is 0 Å². The van der Waals surface area contributed by atoms with Crippen molar-refractivity contribution in [1.82, 2.24) is 9.80 Å². The monoisotopic (exact) mass is 439 g/mol. The van der Waals surface area contributed by atoms with Crippen molar-refractivity contribution in [3.63, 3.8) is 0 Å². The van der Waals surface area contributed by atoms with Crippen molar-refractivity contribution in [3.8, 4) is 0 Å². The third kappa shape index (κ3) is 3.81. The van der Waals surface area contributed by atoms with Crippen molar-refractivity contribution in [1.29, 1.82) is 0 Å². The average molecular weight is 440 g/mol. The summed E-state index contributed by atoms with van der Waals surface area (Å²) in [6.07, 6.45) is 4.83. The van der Waals surface area contributed by atoms with E-state index in [-0.39, 0.29) is 35.7 Å². The van der Waals surface area contributed by atoms with Gasteiger partial charge in [0.05, 0.1) is 18.1 Å². The van der Waals surface area contributed by atoms with Gasteiger partial charge in [0.1, 0.15) is 0 Å². The average Bonchev–Trinajstić information content (AvgIpc) is 2.71. The molecule has 1 N–H and O–H groups in total. The van der Waals surface area contributed by atoms with E-state index in [1.54, 1.807) is 0 Å². The molecule has 1 spiro atoms. The van der Waals surface area contributed by atoms with Crippen molar-refractivity contribution in [2.45, 2.75) is 63.9 Å². The number of aryl methyl sites for hydroxylation is 2. The molecule has 32 heavy (non-hydrogen) atoms. The molecule has 1 unspecified atom stereocenters. The quantitative estimate of drug-likeness (QED) is 0.769. The van der Waals surface area contributed by atoms with Crippen LogP contribution in [0.5, 0.6) is 0 Å². The summed E-state index contributed by atoms with van der Waals surface area (Å²) in [6, 6.07) is 4.03. The molecule has 3 amide bonds. The molecule has 0 aromatic heterocycles. The first kappa shape index (κ1) is 21.4. The summed E-state index contributed by atoms with van der Waals surface area (Å²) in [5.74, 6) is -0.0159. The molecule has 4 aliphatic rings. The summed E-state index contributed by atoms with van der Waals surface area (Å²) in [7, 11) is 0. The van der Waals surface area contributed by atoms with Crippen molar-refractivity contribution in [3.05, 3.63) is 28.8 Å². The Morgan fingerprint density at radius 3 is 2.50 bits per heavy atom. The Labute approximate surface area is 189 Å². The summed E-state index contributed by atoms with van der Waals surface area (Å²) >= 11 is 0. The van der Waals surface area contributed by atoms with Gasteiger partial charge in [0.15, 0.2) is 0 Å². The normalized spacial score (nSPS) is 25.2. The van der Waals surface area contributed by atoms with E-state index in [1.807, 2.05) is 29.7 Å². The minimum Gasteiger partial charge on any atom is -0.371 e. The highest BCUT2D eigenvalue weighted by Crippen LogP contribution is 2.39. The van der Waals surface area contributed by atoms with Gasteiger partial charge < -0.3 is 19.9 Å². The molecule has 0 radical (unpaired) electrons. The Balaban J connectivity index is 1.27. The van der Waals surface area contributed by atoms with Crippen LogP contribution in [-0.4, -0.2) is 65.9 Å². The number of carbonyl (C=O) groups is 3. The molecule has 7 nitrogen and oxygen atoms in total. The van der Waals surface area contributed by atoms with E-state index in [0.717, 1.165) is 54.5 Å². The number of piperidine rings is 1. The van der Waals surface area contributed by atoms with Crippen molar-refractivity contribution in [2.75, 3.05) is 38.1 Å². The zero-order chi connectivity index (χ0) is 22.5. The summed E-state index contributed by atoms with van der Waals surface area (Å²) in [5, 5.41) is 2.94. The van der Waals surface area contributed by atoms with Gasteiger partial charge in [-0.1, -0.05) is 12.5 Å². The van der Waals surface area contributed by atoms with Crippen LogP contribution in [0.25, 0.3) is 0 Å². The Morgan fingerprint density at radius 1 is 1.06 bits per heavy atom. The lowest BCUT2D eigenvalue weighted by atomic mass is 9.82. The molecule has 1 aromatic carbocycles.